The van der Waals surface area contributed by atoms with Crippen LogP contribution in [0.1, 0.15) is 38.1 Å². The number of nitrogens with zero attached hydrogens (tertiary/aromatic N) is 2. The zero-order valence-corrected chi connectivity index (χ0v) is 11.5. The topological polar surface area (TPSA) is 27.1 Å². The minimum Gasteiger partial charge on any atom is -0.372 e. The van der Waals surface area contributed by atoms with Gasteiger partial charge in [-0.1, -0.05) is 13.3 Å². The number of aryl methyl sites for hydroxylation is 2. The Morgan fingerprint density at radius 2 is 2.20 bits per heavy atom. The fourth-order valence-corrected chi connectivity index (χ4v) is 2.00. The van der Waals surface area contributed by atoms with Crippen LogP contribution in [0.25, 0.3) is 0 Å². The number of ether oxygens (including phenoxy) is 1. The summed E-state index contributed by atoms with van der Waals surface area (Å²) in [6.45, 7) is 6.90. The summed E-state index contributed by atoms with van der Waals surface area (Å²) < 4.78 is 8.69. The summed E-state index contributed by atoms with van der Waals surface area (Å²) in [5.74, 6) is 0. The van der Waals surface area contributed by atoms with E-state index in [0.29, 0.717) is 12.7 Å². The van der Waals surface area contributed by atoms with Crippen molar-refractivity contribution in [2.75, 3.05) is 0 Å². The first-order valence-corrected chi connectivity index (χ1v) is 6.15. The van der Waals surface area contributed by atoms with Gasteiger partial charge in [0.1, 0.15) is 0 Å². The predicted molar refractivity (Wildman–Crippen MR) is 64.8 cm³/mol. The Kier molecular flexibility index (Phi) is 4.80. The Labute approximate surface area is 99.9 Å². The number of aromatic nitrogens is 2. The summed E-state index contributed by atoms with van der Waals surface area (Å²) in [5, 5.41) is 4.32. The number of rotatable bonds is 5. The molecule has 1 aromatic rings. The average Bonchev–Trinajstić information content (AvgIpc) is 2.40. The Bertz CT molecular complexity index is 323. The molecule has 0 aliphatic heterocycles. The molecule has 15 heavy (non-hydrogen) atoms. The lowest BCUT2D eigenvalue weighted by molar-refractivity contribution is 0.0432. The highest BCUT2D eigenvalue weighted by Crippen LogP contribution is 2.21. The van der Waals surface area contributed by atoms with Gasteiger partial charge in [0.15, 0.2) is 0 Å². The van der Waals surface area contributed by atoms with E-state index >= 15 is 0 Å². The summed E-state index contributed by atoms with van der Waals surface area (Å²) in [6.07, 6.45) is 2.58. The molecule has 86 valence electrons. The van der Waals surface area contributed by atoms with Crippen LogP contribution < -0.4 is 0 Å². The van der Waals surface area contributed by atoms with Crippen LogP contribution in [0.3, 0.4) is 0 Å². The standard InChI is InChI=1S/C11H19BrN2O/c1-5-6-8(2)15-7-10-11(12)9(3)13-14(10)4/h8H,5-7H2,1-4H3. The molecule has 1 rings (SSSR count). The second-order valence-corrected chi connectivity index (χ2v) is 4.67. The second kappa shape index (κ2) is 5.66. The molecular formula is C11H19BrN2O. The summed E-state index contributed by atoms with van der Waals surface area (Å²) in [6, 6.07) is 0. The van der Waals surface area contributed by atoms with Crippen molar-refractivity contribution in [3.8, 4) is 0 Å². The van der Waals surface area contributed by atoms with E-state index in [0.717, 1.165) is 28.7 Å². The van der Waals surface area contributed by atoms with Gasteiger partial charge < -0.3 is 4.74 Å². The third-order valence-electron chi connectivity index (χ3n) is 2.46. The van der Waals surface area contributed by atoms with Crippen molar-refractivity contribution < 1.29 is 4.74 Å². The summed E-state index contributed by atoms with van der Waals surface area (Å²) in [5.41, 5.74) is 2.12. The van der Waals surface area contributed by atoms with E-state index in [9.17, 15) is 0 Å². The summed E-state index contributed by atoms with van der Waals surface area (Å²) >= 11 is 3.53. The van der Waals surface area contributed by atoms with Crippen LogP contribution in [0.4, 0.5) is 0 Å². The zero-order valence-electron chi connectivity index (χ0n) is 9.88. The molecule has 0 amide bonds. The average molecular weight is 275 g/mol. The molecule has 4 heteroatoms. The summed E-state index contributed by atoms with van der Waals surface area (Å²) in [7, 11) is 1.95. The van der Waals surface area contributed by atoms with Gasteiger partial charge in [0.25, 0.3) is 0 Å². The van der Waals surface area contributed by atoms with E-state index < -0.39 is 0 Å². The Morgan fingerprint density at radius 3 is 2.67 bits per heavy atom. The minimum absolute atomic E-state index is 0.317. The molecule has 1 unspecified atom stereocenters. The van der Waals surface area contributed by atoms with Gasteiger partial charge in [-0.05, 0) is 36.2 Å². The van der Waals surface area contributed by atoms with E-state index in [2.05, 4.69) is 34.9 Å². The number of hydrogen-bond donors (Lipinski definition) is 0. The van der Waals surface area contributed by atoms with Gasteiger partial charge in [-0.15, -0.1) is 0 Å². The molecule has 1 heterocycles. The maximum Gasteiger partial charge on any atom is 0.0899 e. The molecule has 0 N–H and O–H groups in total. The first-order valence-electron chi connectivity index (χ1n) is 5.35. The molecule has 0 aliphatic rings. The Balaban J connectivity index is 2.57. The molecule has 0 aliphatic carbocycles. The van der Waals surface area contributed by atoms with Crippen molar-refractivity contribution in [3.63, 3.8) is 0 Å². The largest absolute Gasteiger partial charge is 0.372 e. The van der Waals surface area contributed by atoms with Gasteiger partial charge in [0.05, 0.1) is 28.6 Å². The lowest BCUT2D eigenvalue weighted by Gasteiger charge is -2.12. The van der Waals surface area contributed by atoms with Crippen molar-refractivity contribution in [2.45, 2.75) is 46.3 Å². The van der Waals surface area contributed by atoms with E-state index in [1.807, 2.05) is 18.7 Å². The van der Waals surface area contributed by atoms with Gasteiger partial charge in [0.2, 0.25) is 0 Å². The molecule has 0 bridgehead atoms. The molecule has 3 nitrogen and oxygen atoms in total. The molecule has 1 atom stereocenters. The molecule has 0 aromatic carbocycles. The third kappa shape index (κ3) is 3.31. The Morgan fingerprint density at radius 1 is 1.53 bits per heavy atom. The number of halogens is 1. The van der Waals surface area contributed by atoms with Crippen LogP contribution in [0.5, 0.6) is 0 Å². The molecule has 0 spiro atoms. The smallest absolute Gasteiger partial charge is 0.0899 e. The van der Waals surface area contributed by atoms with E-state index in [1.54, 1.807) is 0 Å². The van der Waals surface area contributed by atoms with Gasteiger partial charge in [-0.3, -0.25) is 4.68 Å². The minimum atomic E-state index is 0.317. The normalized spacial score (nSPS) is 13.1. The molecule has 0 saturated heterocycles. The van der Waals surface area contributed by atoms with Crippen molar-refractivity contribution in [1.29, 1.82) is 0 Å². The maximum atomic E-state index is 5.75. The predicted octanol–water partition coefficient (Wildman–Crippen LogP) is 3.20. The first kappa shape index (κ1) is 12.7. The van der Waals surface area contributed by atoms with E-state index in [-0.39, 0.29) is 0 Å². The van der Waals surface area contributed by atoms with Crippen LogP contribution in [-0.2, 0) is 18.4 Å². The van der Waals surface area contributed by atoms with Crippen LogP contribution in [0, 0.1) is 6.92 Å². The highest BCUT2D eigenvalue weighted by Gasteiger charge is 2.11. The molecule has 0 saturated carbocycles. The zero-order chi connectivity index (χ0) is 11.4. The fraction of sp³-hybridized carbons (Fsp3) is 0.727. The summed E-state index contributed by atoms with van der Waals surface area (Å²) in [4.78, 5) is 0. The van der Waals surface area contributed by atoms with Crippen molar-refractivity contribution in [1.82, 2.24) is 9.78 Å². The van der Waals surface area contributed by atoms with Gasteiger partial charge in [-0.2, -0.15) is 5.10 Å². The van der Waals surface area contributed by atoms with Crippen molar-refractivity contribution >= 4 is 15.9 Å². The Hall–Kier alpha value is -0.350. The SMILES string of the molecule is CCCC(C)OCc1c(Br)c(C)nn1C. The second-order valence-electron chi connectivity index (χ2n) is 3.88. The monoisotopic (exact) mass is 274 g/mol. The lowest BCUT2D eigenvalue weighted by Crippen LogP contribution is -2.10. The van der Waals surface area contributed by atoms with Crippen LogP contribution in [0.15, 0.2) is 4.47 Å². The van der Waals surface area contributed by atoms with E-state index in [1.165, 1.54) is 0 Å². The van der Waals surface area contributed by atoms with Crippen molar-refractivity contribution in [3.05, 3.63) is 15.9 Å². The highest BCUT2D eigenvalue weighted by molar-refractivity contribution is 9.10. The molecular weight excluding hydrogens is 256 g/mol. The lowest BCUT2D eigenvalue weighted by atomic mass is 10.2. The van der Waals surface area contributed by atoms with E-state index in [4.69, 9.17) is 4.74 Å². The third-order valence-corrected chi connectivity index (χ3v) is 3.49. The highest BCUT2D eigenvalue weighted by atomic mass is 79.9. The molecule has 1 aromatic heterocycles. The van der Waals surface area contributed by atoms with Gasteiger partial charge in [0, 0.05) is 7.05 Å². The first-order chi connectivity index (χ1) is 7.06. The van der Waals surface area contributed by atoms with Crippen LogP contribution in [0.2, 0.25) is 0 Å². The van der Waals surface area contributed by atoms with Crippen LogP contribution in [-0.4, -0.2) is 15.9 Å². The maximum absolute atomic E-state index is 5.75. The van der Waals surface area contributed by atoms with Gasteiger partial charge >= 0.3 is 0 Å². The van der Waals surface area contributed by atoms with Gasteiger partial charge in [-0.25, -0.2) is 0 Å². The quantitative estimate of drug-likeness (QED) is 0.825. The fourth-order valence-electron chi connectivity index (χ4n) is 1.55. The van der Waals surface area contributed by atoms with Crippen molar-refractivity contribution in [2.24, 2.45) is 7.05 Å². The van der Waals surface area contributed by atoms with Crippen LogP contribution >= 0.6 is 15.9 Å². The molecule has 0 radical (unpaired) electrons. The molecule has 0 fully saturated rings. The number of hydrogen-bond acceptors (Lipinski definition) is 2.